The third-order valence-corrected chi connectivity index (χ3v) is 3.36. The molecule has 0 fully saturated rings. The molecule has 0 amide bonds. The Morgan fingerprint density at radius 2 is 1.71 bits per heavy atom. The van der Waals surface area contributed by atoms with Gasteiger partial charge in [0.1, 0.15) is 17.4 Å². The normalized spacial score (nSPS) is 13.7. The number of hydrogen-bond acceptors (Lipinski definition) is 4. The molecule has 2 N–H and O–H groups in total. The van der Waals surface area contributed by atoms with Crippen molar-refractivity contribution >= 4 is 14.3 Å². The van der Waals surface area contributed by atoms with E-state index in [0.29, 0.717) is 6.42 Å². The number of ether oxygens (including phenoxy) is 1. The van der Waals surface area contributed by atoms with Crippen molar-refractivity contribution in [3.63, 3.8) is 0 Å². The van der Waals surface area contributed by atoms with Gasteiger partial charge in [-0.1, -0.05) is 12.1 Å². The lowest BCUT2D eigenvalue weighted by Gasteiger charge is -2.22. The molecule has 0 saturated heterocycles. The van der Waals surface area contributed by atoms with Crippen molar-refractivity contribution < 1.29 is 14.0 Å². The van der Waals surface area contributed by atoms with Crippen molar-refractivity contribution in [1.82, 2.24) is 0 Å². The predicted octanol–water partition coefficient (Wildman–Crippen LogP) is 3.11. The molecule has 118 valence electrons. The minimum Gasteiger partial charge on any atom is -0.544 e. The van der Waals surface area contributed by atoms with Gasteiger partial charge in [-0.3, -0.25) is 4.79 Å². The Morgan fingerprint density at radius 1 is 1.19 bits per heavy atom. The molecule has 1 aromatic carbocycles. The summed E-state index contributed by atoms with van der Waals surface area (Å²) in [5.74, 6) is 0.494. The van der Waals surface area contributed by atoms with Crippen LogP contribution in [0.4, 0.5) is 0 Å². The van der Waals surface area contributed by atoms with Gasteiger partial charge in [0.25, 0.3) is 0 Å². The zero-order valence-electron chi connectivity index (χ0n) is 13.9. The van der Waals surface area contributed by atoms with Crippen molar-refractivity contribution in [3.8, 4) is 5.75 Å². The number of carbonyl (C=O) groups is 1. The van der Waals surface area contributed by atoms with E-state index in [9.17, 15) is 4.79 Å². The van der Waals surface area contributed by atoms with Crippen LogP contribution in [0.15, 0.2) is 24.3 Å². The second-order valence-corrected chi connectivity index (χ2v) is 11.6. The molecular formula is C16H27NO3Si. The lowest BCUT2D eigenvalue weighted by molar-refractivity contribution is -0.156. The first-order valence-electron chi connectivity index (χ1n) is 7.23. The van der Waals surface area contributed by atoms with Crippen LogP contribution in [-0.4, -0.2) is 25.9 Å². The van der Waals surface area contributed by atoms with E-state index in [1.54, 1.807) is 0 Å². The average molecular weight is 309 g/mol. The van der Waals surface area contributed by atoms with Gasteiger partial charge in [0, 0.05) is 0 Å². The molecule has 0 aliphatic heterocycles. The summed E-state index contributed by atoms with van der Waals surface area (Å²) >= 11 is 0. The van der Waals surface area contributed by atoms with Gasteiger partial charge < -0.3 is 14.9 Å². The van der Waals surface area contributed by atoms with E-state index in [2.05, 4.69) is 19.6 Å². The lowest BCUT2D eigenvalue weighted by Crippen LogP contribution is -2.38. The molecule has 5 heteroatoms. The minimum absolute atomic E-state index is 0.370. The highest BCUT2D eigenvalue weighted by Gasteiger charge is 2.22. The molecule has 0 heterocycles. The molecule has 0 bridgehead atoms. The number of nitrogens with two attached hydrogens (primary N) is 1. The first-order valence-corrected chi connectivity index (χ1v) is 10.6. The van der Waals surface area contributed by atoms with Gasteiger partial charge in [-0.05, 0) is 64.5 Å². The summed E-state index contributed by atoms with van der Waals surface area (Å²) in [6.07, 6.45) is 0.460. The average Bonchev–Trinajstić information content (AvgIpc) is 2.27. The fourth-order valence-electron chi connectivity index (χ4n) is 1.76. The quantitative estimate of drug-likeness (QED) is 0.670. The van der Waals surface area contributed by atoms with Crippen molar-refractivity contribution in [1.29, 1.82) is 0 Å². The van der Waals surface area contributed by atoms with Gasteiger partial charge in [0.15, 0.2) is 0 Å². The second-order valence-electron chi connectivity index (χ2n) is 7.20. The number of hydrogen-bond donors (Lipinski definition) is 1. The molecule has 0 aliphatic carbocycles. The standard InChI is InChI=1S/C16H27NO3Si/c1-16(2,3)19-15(18)14(17)11-12-7-9-13(10-8-12)20-21(4,5)6/h7-10,14H,11,17H2,1-6H3/t14-/m0/s1. The largest absolute Gasteiger partial charge is 0.544 e. The van der Waals surface area contributed by atoms with Crippen molar-refractivity contribution in [2.75, 3.05) is 0 Å². The molecule has 1 atom stereocenters. The summed E-state index contributed by atoms with van der Waals surface area (Å²) in [5, 5.41) is 0. The SMILES string of the molecule is CC(C)(C)OC(=O)[C@@H](N)Cc1ccc(O[Si](C)(C)C)cc1. The Bertz CT molecular complexity index is 472. The third kappa shape index (κ3) is 7.29. The molecule has 4 nitrogen and oxygen atoms in total. The van der Waals surface area contributed by atoms with E-state index in [1.165, 1.54) is 0 Å². The molecule has 0 aromatic heterocycles. The van der Waals surface area contributed by atoms with E-state index in [0.717, 1.165) is 11.3 Å². The number of carbonyl (C=O) groups excluding carboxylic acids is 1. The molecule has 0 saturated carbocycles. The first kappa shape index (κ1) is 17.7. The van der Waals surface area contributed by atoms with Gasteiger partial charge in [-0.2, -0.15) is 0 Å². The Balaban J connectivity index is 2.61. The van der Waals surface area contributed by atoms with Crippen molar-refractivity contribution in [3.05, 3.63) is 29.8 Å². The Morgan fingerprint density at radius 3 is 2.14 bits per heavy atom. The Kier molecular flexibility index (Phi) is 5.59. The summed E-state index contributed by atoms with van der Waals surface area (Å²) in [4.78, 5) is 11.9. The van der Waals surface area contributed by atoms with E-state index in [4.69, 9.17) is 14.9 Å². The van der Waals surface area contributed by atoms with Crippen LogP contribution in [0.2, 0.25) is 19.6 Å². The summed E-state index contributed by atoms with van der Waals surface area (Å²) in [7, 11) is -1.59. The fourth-order valence-corrected chi connectivity index (χ4v) is 2.61. The van der Waals surface area contributed by atoms with Crippen LogP contribution >= 0.6 is 0 Å². The van der Waals surface area contributed by atoms with E-state index in [-0.39, 0.29) is 5.97 Å². The van der Waals surface area contributed by atoms with Crippen molar-refractivity contribution in [2.45, 2.75) is 58.5 Å². The van der Waals surface area contributed by atoms with Crippen LogP contribution in [0, 0.1) is 0 Å². The van der Waals surface area contributed by atoms with Crippen LogP contribution in [0.3, 0.4) is 0 Å². The van der Waals surface area contributed by atoms with Crippen LogP contribution in [0.1, 0.15) is 26.3 Å². The molecule has 0 spiro atoms. The molecular weight excluding hydrogens is 282 g/mol. The summed E-state index contributed by atoms with van der Waals surface area (Å²) in [6.45, 7) is 11.9. The van der Waals surface area contributed by atoms with E-state index < -0.39 is 20.0 Å². The first-order chi connectivity index (χ1) is 9.46. The van der Waals surface area contributed by atoms with Crippen LogP contribution in [0.5, 0.6) is 5.75 Å². The number of rotatable bonds is 5. The third-order valence-electron chi connectivity index (χ3n) is 2.51. The van der Waals surface area contributed by atoms with Gasteiger partial charge >= 0.3 is 5.97 Å². The summed E-state index contributed by atoms with van der Waals surface area (Å²) in [6, 6.07) is 7.09. The van der Waals surface area contributed by atoms with Crippen LogP contribution in [-0.2, 0) is 16.0 Å². The summed E-state index contributed by atoms with van der Waals surface area (Å²) < 4.78 is 11.2. The van der Waals surface area contributed by atoms with E-state index in [1.807, 2.05) is 45.0 Å². The number of esters is 1. The fraction of sp³-hybridized carbons (Fsp3) is 0.562. The molecule has 0 aliphatic rings. The highest BCUT2D eigenvalue weighted by molar-refractivity contribution is 6.70. The number of benzene rings is 1. The zero-order chi connectivity index (χ0) is 16.3. The monoisotopic (exact) mass is 309 g/mol. The molecule has 1 aromatic rings. The van der Waals surface area contributed by atoms with Gasteiger partial charge in [0.2, 0.25) is 8.32 Å². The van der Waals surface area contributed by atoms with Gasteiger partial charge in [0.05, 0.1) is 0 Å². The maximum absolute atomic E-state index is 11.9. The Labute approximate surface area is 128 Å². The molecule has 0 radical (unpaired) electrons. The van der Waals surface area contributed by atoms with Crippen molar-refractivity contribution in [2.24, 2.45) is 5.73 Å². The predicted molar refractivity (Wildman–Crippen MR) is 87.9 cm³/mol. The highest BCUT2D eigenvalue weighted by Crippen LogP contribution is 2.18. The lowest BCUT2D eigenvalue weighted by atomic mass is 10.1. The zero-order valence-corrected chi connectivity index (χ0v) is 14.9. The molecule has 1 rings (SSSR count). The topological polar surface area (TPSA) is 61.5 Å². The molecule has 21 heavy (non-hydrogen) atoms. The van der Waals surface area contributed by atoms with Crippen LogP contribution < -0.4 is 10.2 Å². The second kappa shape index (κ2) is 6.62. The van der Waals surface area contributed by atoms with E-state index >= 15 is 0 Å². The Hall–Kier alpha value is -1.33. The summed E-state index contributed by atoms with van der Waals surface area (Å²) in [5.41, 5.74) is 6.38. The highest BCUT2D eigenvalue weighted by atomic mass is 28.4. The maximum atomic E-state index is 11.9. The van der Waals surface area contributed by atoms with Crippen LogP contribution in [0.25, 0.3) is 0 Å². The van der Waals surface area contributed by atoms with Gasteiger partial charge in [-0.15, -0.1) is 0 Å². The molecule has 0 unspecified atom stereocenters. The minimum atomic E-state index is -1.59. The van der Waals surface area contributed by atoms with Gasteiger partial charge in [-0.25, -0.2) is 0 Å². The maximum Gasteiger partial charge on any atom is 0.323 e. The smallest absolute Gasteiger partial charge is 0.323 e.